The zero-order chi connectivity index (χ0) is 13.8. The highest BCUT2D eigenvalue weighted by molar-refractivity contribution is 5.28. The van der Waals surface area contributed by atoms with Crippen LogP contribution < -0.4 is 4.74 Å². The van der Waals surface area contributed by atoms with Gasteiger partial charge in [0.2, 0.25) is 0 Å². The summed E-state index contributed by atoms with van der Waals surface area (Å²) in [4.78, 5) is 2.43. The monoisotopic (exact) mass is 263 g/mol. The molecule has 1 aromatic carbocycles. The van der Waals surface area contributed by atoms with E-state index >= 15 is 0 Å². The molecule has 0 bridgehead atoms. The summed E-state index contributed by atoms with van der Waals surface area (Å²) in [5.74, 6) is 1.47. The van der Waals surface area contributed by atoms with Crippen LogP contribution in [0.2, 0.25) is 0 Å². The molecule has 1 fully saturated rings. The number of benzene rings is 1. The van der Waals surface area contributed by atoms with Gasteiger partial charge in [0.15, 0.2) is 0 Å². The number of aliphatic hydroxyl groups is 1. The number of aliphatic hydroxyl groups excluding tert-OH is 1. The zero-order valence-corrected chi connectivity index (χ0v) is 12.2. The smallest absolute Gasteiger partial charge is 0.118 e. The Bertz CT molecular complexity index is 384. The molecule has 1 aliphatic rings. The maximum atomic E-state index is 10.4. The fourth-order valence-corrected chi connectivity index (χ4v) is 2.43. The lowest BCUT2D eigenvalue weighted by Crippen LogP contribution is -2.33. The van der Waals surface area contributed by atoms with Gasteiger partial charge in [-0.2, -0.15) is 0 Å². The molecular formula is C16H25NO2. The third-order valence-corrected chi connectivity index (χ3v) is 3.57. The molecule has 1 N–H and O–H groups in total. The number of ether oxygens (including phenoxy) is 1. The zero-order valence-electron chi connectivity index (χ0n) is 12.2. The average Bonchev–Trinajstić information content (AvgIpc) is 3.21. The van der Waals surface area contributed by atoms with Crippen LogP contribution in [0.5, 0.6) is 5.75 Å². The first-order valence-electron chi connectivity index (χ1n) is 7.16. The van der Waals surface area contributed by atoms with Gasteiger partial charge in [0, 0.05) is 19.1 Å². The summed E-state index contributed by atoms with van der Waals surface area (Å²) < 4.78 is 5.14. The fraction of sp³-hybridized carbons (Fsp3) is 0.625. The average molecular weight is 263 g/mol. The standard InChI is InChI=1S/C16H25NO2/c1-12(2)10-17(14-6-7-14)11-16(18)13-4-8-15(19-3)9-5-13/h4-5,8-9,12,14,16,18H,6-7,10-11H2,1-3H3. The fourth-order valence-electron chi connectivity index (χ4n) is 2.43. The van der Waals surface area contributed by atoms with Crippen molar-refractivity contribution in [3.63, 3.8) is 0 Å². The van der Waals surface area contributed by atoms with E-state index in [0.717, 1.165) is 24.4 Å². The summed E-state index contributed by atoms with van der Waals surface area (Å²) in [6, 6.07) is 8.40. The van der Waals surface area contributed by atoms with Crippen molar-refractivity contribution in [1.29, 1.82) is 0 Å². The minimum Gasteiger partial charge on any atom is -0.497 e. The number of hydrogen-bond acceptors (Lipinski definition) is 3. The van der Waals surface area contributed by atoms with Crippen molar-refractivity contribution >= 4 is 0 Å². The lowest BCUT2D eigenvalue weighted by atomic mass is 10.1. The van der Waals surface area contributed by atoms with E-state index in [0.29, 0.717) is 12.0 Å². The van der Waals surface area contributed by atoms with Crippen LogP contribution in [0.1, 0.15) is 38.4 Å². The topological polar surface area (TPSA) is 32.7 Å². The van der Waals surface area contributed by atoms with E-state index < -0.39 is 6.10 Å². The minimum atomic E-state index is -0.412. The van der Waals surface area contributed by atoms with E-state index in [4.69, 9.17) is 4.74 Å². The summed E-state index contributed by atoms with van der Waals surface area (Å²) >= 11 is 0. The van der Waals surface area contributed by atoms with Crippen LogP contribution >= 0.6 is 0 Å². The third-order valence-electron chi connectivity index (χ3n) is 3.57. The summed E-state index contributed by atoms with van der Waals surface area (Å²) in [5, 5.41) is 10.4. The highest BCUT2D eigenvalue weighted by Gasteiger charge is 2.30. The molecule has 1 saturated carbocycles. The SMILES string of the molecule is COc1ccc(C(O)CN(CC(C)C)C2CC2)cc1. The van der Waals surface area contributed by atoms with Gasteiger partial charge in [0.1, 0.15) is 5.75 Å². The predicted molar refractivity (Wildman–Crippen MR) is 77.4 cm³/mol. The van der Waals surface area contributed by atoms with Crippen LogP contribution in [0.25, 0.3) is 0 Å². The number of nitrogens with zero attached hydrogens (tertiary/aromatic N) is 1. The Morgan fingerprint density at radius 3 is 2.32 bits per heavy atom. The molecule has 0 saturated heterocycles. The predicted octanol–water partition coefficient (Wildman–Crippen LogP) is 2.85. The molecule has 0 spiro atoms. The lowest BCUT2D eigenvalue weighted by Gasteiger charge is -2.26. The molecule has 19 heavy (non-hydrogen) atoms. The summed E-state index contributed by atoms with van der Waals surface area (Å²) in [6.45, 7) is 6.26. The molecule has 2 rings (SSSR count). The first kappa shape index (κ1) is 14.4. The van der Waals surface area contributed by atoms with Gasteiger partial charge < -0.3 is 9.84 Å². The second kappa shape index (κ2) is 6.40. The Hall–Kier alpha value is -1.06. The summed E-state index contributed by atoms with van der Waals surface area (Å²) in [6.07, 6.45) is 2.15. The number of rotatable bonds is 7. The van der Waals surface area contributed by atoms with Gasteiger partial charge in [-0.3, -0.25) is 4.90 Å². The second-order valence-corrected chi connectivity index (χ2v) is 5.87. The van der Waals surface area contributed by atoms with Crippen LogP contribution in [-0.4, -0.2) is 36.2 Å². The number of hydrogen-bond donors (Lipinski definition) is 1. The maximum absolute atomic E-state index is 10.4. The van der Waals surface area contributed by atoms with Gasteiger partial charge in [-0.1, -0.05) is 26.0 Å². The molecular weight excluding hydrogens is 238 g/mol. The van der Waals surface area contributed by atoms with Crippen molar-refractivity contribution in [2.24, 2.45) is 5.92 Å². The molecule has 0 radical (unpaired) electrons. The molecule has 1 aliphatic carbocycles. The molecule has 0 aliphatic heterocycles. The Morgan fingerprint density at radius 1 is 1.21 bits per heavy atom. The molecule has 1 atom stereocenters. The maximum Gasteiger partial charge on any atom is 0.118 e. The van der Waals surface area contributed by atoms with Gasteiger partial charge in [0.05, 0.1) is 13.2 Å². The van der Waals surface area contributed by atoms with Gasteiger partial charge in [-0.15, -0.1) is 0 Å². The normalized spacial score (nSPS) is 16.9. The first-order chi connectivity index (χ1) is 9.10. The van der Waals surface area contributed by atoms with Gasteiger partial charge in [-0.05, 0) is 36.5 Å². The van der Waals surface area contributed by atoms with Crippen LogP contribution in [0.4, 0.5) is 0 Å². The van der Waals surface area contributed by atoms with E-state index in [2.05, 4.69) is 18.7 Å². The first-order valence-corrected chi connectivity index (χ1v) is 7.16. The molecule has 106 valence electrons. The van der Waals surface area contributed by atoms with Crippen molar-refractivity contribution < 1.29 is 9.84 Å². The molecule has 0 amide bonds. The van der Waals surface area contributed by atoms with Crippen molar-refractivity contribution in [2.75, 3.05) is 20.2 Å². The molecule has 0 aromatic heterocycles. The number of methoxy groups -OCH3 is 1. The third kappa shape index (κ3) is 4.22. The molecule has 1 unspecified atom stereocenters. The van der Waals surface area contributed by atoms with Crippen molar-refractivity contribution in [1.82, 2.24) is 4.90 Å². The van der Waals surface area contributed by atoms with Gasteiger partial charge >= 0.3 is 0 Å². The van der Waals surface area contributed by atoms with Gasteiger partial charge in [-0.25, -0.2) is 0 Å². The Balaban J connectivity index is 1.95. The van der Waals surface area contributed by atoms with E-state index in [-0.39, 0.29) is 0 Å². The van der Waals surface area contributed by atoms with E-state index in [1.807, 2.05) is 24.3 Å². The minimum absolute atomic E-state index is 0.412. The van der Waals surface area contributed by atoms with Crippen LogP contribution in [0, 0.1) is 5.92 Å². The van der Waals surface area contributed by atoms with E-state index in [1.165, 1.54) is 12.8 Å². The van der Waals surface area contributed by atoms with Crippen LogP contribution in [0.3, 0.4) is 0 Å². The Morgan fingerprint density at radius 2 is 1.84 bits per heavy atom. The van der Waals surface area contributed by atoms with Gasteiger partial charge in [0.25, 0.3) is 0 Å². The summed E-state index contributed by atoms with van der Waals surface area (Å²) in [5.41, 5.74) is 0.968. The van der Waals surface area contributed by atoms with Crippen molar-refractivity contribution in [3.05, 3.63) is 29.8 Å². The molecule has 3 heteroatoms. The largest absolute Gasteiger partial charge is 0.497 e. The van der Waals surface area contributed by atoms with Crippen LogP contribution in [0.15, 0.2) is 24.3 Å². The molecule has 1 aromatic rings. The summed E-state index contributed by atoms with van der Waals surface area (Å²) in [7, 11) is 1.66. The Kier molecular flexibility index (Phi) is 4.83. The highest BCUT2D eigenvalue weighted by atomic mass is 16.5. The second-order valence-electron chi connectivity index (χ2n) is 5.87. The van der Waals surface area contributed by atoms with E-state index in [9.17, 15) is 5.11 Å². The highest BCUT2D eigenvalue weighted by Crippen LogP contribution is 2.29. The van der Waals surface area contributed by atoms with Crippen molar-refractivity contribution in [2.45, 2.75) is 38.8 Å². The lowest BCUT2D eigenvalue weighted by molar-refractivity contribution is 0.101. The molecule has 3 nitrogen and oxygen atoms in total. The quantitative estimate of drug-likeness (QED) is 0.821. The van der Waals surface area contributed by atoms with E-state index in [1.54, 1.807) is 7.11 Å². The van der Waals surface area contributed by atoms with Crippen LogP contribution in [-0.2, 0) is 0 Å². The Labute approximate surface area is 116 Å². The van der Waals surface area contributed by atoms with Crippen molar-refractivity contribution in [3.8, 4) is 5.75 Å². The molecule has 0 heterocycles.